The number of rotatable bonds is 6. The summed E-state index contributed by atoms with van der Waals surface area (Å²) >= 11 is 7.15. The molecule has 3 rings (SSSR count). The van der Waals surface area contributed by atoms with Crippen LogP contribution in [0.5, 0.6) is 5.75 Å². The first kappa shape index (κ1) is 19.8. The smallest absolute Gasteiger partial charge is 0.311 e. The molecule has 7 nitrogen and oxygen atoms in total. The van der Waals surface area contributed by atoms with Crippen LogP contribution in [0.15, 0.2) is 41.8 Å². The summed E-state index contributed by atoms with van der Waals surface area (Å²) in [6.07, 6.45) is 0. The molecule has 0 aliphatic heterocycles. The summed E-state index contributed by atoms with van der Waals surface area (Å²) in [6, 6.07) is 10.4. The highest BCUT2D eigenvalue weighted by Gasteiger charge is 2.20. The van der Waals surface area contributed by atoms with Gasteiger partial charge in [0, 0.05) is 22.0 Å². The second-order valence-electron chi connectivity index (χ2n) is 6.07. The van der Waals surface area contributed by atoms with Crippen molar-refractivity contribution in [1.29, 1.82) is 0 Å². The lowest BCUT2D eigenvalue weighted by Crippen LogP contribution is -2.20. The SMILES string of the molecule is Cc1cc(C)c(OCC(=O)Nc2nc(-c3ccc(Cl)cc3)cs2)c([N+](=O)[O-])c1. The topological polar surface area (TPSA) is 94.4 Å². The minimum absolute atomic E-state index is 0.0896. The molecular weight excluding hydrogens is 402 g/mol. The number of carbonyl (C=O) groups is 1. The van der Waals surface area contributed by atoms with Crippen LogP contribution in [-0.4, -0.2) is 22.4 Å². The van der Waals surface area contributed by atoms with Crippen LogP contribution in [-0.2, 0) is 4.79 Å². The van der Waals surface area contributed by atoms with E-state index in [1.54, 1.807) is 32.0 Å². The van der Waals surface area contributed by atoms with Crippen LogP contribution in [0.25, 0.3) is 11.3 Å². The molecule has 1 amide bonds. The number of anilines is 1. The van der Waals surface area contributed by atoms with Gasteiger partial charge in [-0.1, -0.05) is 29.8 Å². The fraction of sp³-hybridized carbons (Fsp3) is 0.158. The van der Waals surface area contributed by atoms with E-state index in [4.69, 9.17) is 16.3 Å². The summed E-state index contributed by atoms with van der Waals surface area (Å²) in [5.41, 5.74) is 2.77. The molecule has 0 fully saturated rings. The zero-order chi connectivity index (χ0) is 20.3. The number of hydrogen-bond donors (Lipinski definition) is 1. The van der Waals surface area contributed by atoms with Crippen molar-refractivity contribution >= 4 is 39.7 Å². The van der Waals surface area contributed by atoms with E-state index < -0.39 is 10.8 Å². The first-order valence-corrected chi connectivity index (χ1v) is 9.49. The number of nitro benzene ring substituents is 1. The molecule has 0 aliphatic carbocycles. The van der Waals surface area contributed by atoms with Crippen LogP contribution < -0.4 is 10.1 Å². The van der Waals surface area contributed by atoms with Gasteiger partial charge in [-0.2, -0.15) is 0 Å². The lowest BCUT2D eigenvalue weighted by molar-refractivity contribution is -0.385. The Labute approximate surface area is 170 Å². The van der Waals surface area contributed by atoms with E-state index in [9.17, 15) is 14.9 Å². The van der Waals surface area contributed by atoms with Crippen LogP contribution in [0, 0.1) is 24.0 Å². The number of hydrogen-bond acceptors (Lipinski definition) is 6. The van der Waals surface area contributed by atoms with Crippen molar-refractivity contribution in [1.82, 2.24) is 4.98 Å². The molecule has 1 aromatic heterocycles. The Morgan fingerprint density at radius 2 is 2.00 bits per heavy atom. The summed E-state index contributed by atoms with van der Waals surface area (Å²) in [6.45, 7) is 3.10. The molecule has 0 saturated carbocycles. The number of nitro groups is 1. The molecule has 1 N–H and O–H groups in total. The summed E-state index contributed by atoms with van der Waals surface area (Å²) in [5.74, 6) is -0.363. The number of benzene rings is 2. The van der Waals surface area contributed by atoms with E-state index in [1.165, 1.54) is 17.4 Å². The van der Waals surface area contributed by atoms with Gasteiger partial charge in [0.25, 0.3) is 5.91 Å². The first-order chi connectivity index (χ1) is 13.3. The zero-order valence-corrected chi connectivity index (χ0v) is 16.6. The maximum absolute atomic E-state index is 12.2. The third-order valence-electron chi connectivity index (χ3n) is 3.83. The zero-order valence-electron chi connectivity index (χ0n) is 15.1. The molecule has 3 aromatic rings. The first-order valence-electron chi connectivity index (χ1n) is 8.23. The molecule has 144 valence electrons. The summed E-state index contributed by atoms with van der Waals surface area (Å²) in [5, 5.41) is 16.7. The molecule has 0 unspecified atom stereocenters. The maximum Gasteiger partial charge on any atom is 0.311 e. The van der Waals surface area contributed by atoms with Crippen LogP contribution in [0.3, 0.4) is 0 Å². The molecule has 0 atom stereocenters. The van der Waals surface area contributed by atoms with Crippen LogP contribution >= 0.6 is 22.9 Å². The highest BCUT2D eigenvalue weighted by molar-refractivity contribution is 7.14. The summed E-state index contributed by atoms with van der Waals surface area (Å²) < 4.78 is 5.43. The lowest BCUT2D eigenvalue weighted by atomic mass is 10.1. The average molecular weight is 418 g/mol. The second-order valence-corrected chi connectivity index (χ2v) is 7.36. The predicted octanol–water partition coefficient (Wildman–Crippen LogP) is 5.01. The lowest BCUT2D eigenvalue weighted by Gasteiger charge is -2.10. The minimum Gasteiger partial charge on any atom is -0.477 e. The Kier molecular flexibility index (Phi) is 5.91. The van der Waals surface area contributed by atoms with Gasteiger partial charge < -0.3 is 4.74 Å². The van der Waals surface area contributed by atoms with Crippen LogP contribution in [0.1, 0.15) is 11.1 Å². The van der Waals surface area contributed by atoms with Gasteiger partial charge in [-0.05, 0) is 37.1 Å². The fourth-order valence-electron chi connectivity index (χ4n) is 2.63. The van der Waals surface area contributed by atoms with Gasteiger partial charge in [0.2, 0.25) is 5.75 Å². The molecule has 2 aromatic carbocycles. The number of ether oxygens (including phenoxy) is 1. The second kappa shape index (κ2) is 8.37. The Hall–Kier alpha value is -2.97. The van der Waals surface area contributed by atoms with E-state index in [1.807, 2.05) is 17.5 Å². The Morgan fingerprint density at radius 1 is 1.29 bits per heavy atom. The van der Waals surface area contributed by atoms with E-state index in [2.05, 4.69) is 10.3 Å². The van der Waals surface area contributed by atoms with E-state index in [0.717, 1.165) is 11.1 Å². The number of aromatic nitrogens is 1. The van der Waals surface area contributed by atoms with Gasteiger partial charge in [-0.15, -0.1) is 11.3 Å². The predicted molar refractivity (Wildman–Crippen MR) is 109 cm³/mol. The van der Waals surface area contributed by atoms with Crippen molar-refractivity contribution in [3.63, 3.8) is 0 Å². The van der Waals surface area contributed by atoms with Gasteiger partial charge >= 0.3 is 5.69 Å². The Balaban J connectivity index is 1.66. The molecule has 0 aliphatic rings. The quantitative estimate of drug-likeness (QED) is 0.449. The van der Waals surface area contributed by atoms with Crippen molar-refractivity contribution < 1.29 is 14.5 Å². The summed E-state index contributed by atoms with van der Waals surface area (Å²) in [7, 11) is 0. The maximum atomic E-state index is 12.2. The van der Waals surface area contributed by atoms with Crippen LogP contribution in [0.2, 0.25) is 5.02 Å². The van der Waals surface area contributed by atoms with E-state index in [-0.39, 0.29) is 18.0 Å². The van der Waals surface area contributed by atoms with Gasteiger partial charge in [0.15, 0.2) is 11.7 Å². The molecular formula is C19H16ClN3O4S. The van der Waals surface area contributed by atoms with Gasteiger partial charge in [-0.3, -0.25) is 20.2 Å². The number of carbonyl (C=O) groups excluding carboxylic acids is 1. The standard InChI is InChI=1S/C19H16ClN3O4S/c1-11-7-12(2)18(16(8-11)23(25)26)27-9-17(24)22-19-21-15(10-28-19)13-3-5-14(20)6-4-13/h3-8,10H,9H2,1-2H3,(H,21,22,24). The van der Waals surface area contributed by atoms with Crippen molar-refractivity contribution in [2.24, 2.45) is 0 Å². The van der Waals surface area contributed by atoms with Crippen molar-refractivity contribution in [2.75, 3.05) is 11.9 Å². The number of halogens is 1. The summed E-state index contributed by atoms with van der Waals surface area (Å²) in [4.78, 5) is 27.2. The molecule has 9 heteroatoms. The molecule has 0 radical (unpaired) electrons. The molecule has 0 saturated heterocycles. The monoisotopic (exact) mass is 417 g/mol. The van der Waals surface area contributed by atoms with Gasteiger partial charge in [-0.25, -0.2) is 4.98 Å². The highest BCUT2D eigenvalue weighted by atomic mass is 35.5. The molecule has 28 heavy (non-hydrogen) atoms. The van der Waals surface area contributed by atoms with Crippen molar-refractivity contribution in [3.05, 3.63) is 68.0 Å². The largest absolute Gasteiger partial charge is 0.477 e. The van der Waals surface area contributed by atoms with Crippen molar-refractivity contribution in [3.8, 4) is 17.0 Å². The van der Waals surface area contributed by atoms with Gasteiger partial charge in [0.1, 0.15) is 0 Å². The number of aryl methyl sites for hydroxylation is 2. The fourth-order valence-corrected chi connectivity index (χ4v) is 3.49. The number of thiazole rings is 1. The minimum atomic E-state index is -0.521. The van der Waals surface area contributed by atoms with Crippen LogP contribution in [0.4, 0.5) is 10.8 Å². The third-order valence-corrected chi connectivity index (χ3v) is 4.84. The highest BCUT2D eigenvalue weighted by Crippen LogP contribution is 2.32. The Morgan fingerprint density at radius 3 is 2.68 bits per heavy atom. The Bertz CT molecular complexity index is 1030. The normalized spacial score (nSPS) is 10.5. The molecule has 1 heterocycles. The number of amides is 1. The van der Waals surface area contributed by atoms with E-state index >= 15 is 0 Å². The number of nitrogens with one attached hydrogen (secondary N) is 1. The van der Waals surface area contributed by atoms with Gasteiger partial charge in [0.05, 0.1) is 10.6 Å². The molecule has 0 spiro atoms. The third kappa shape index (κ3) is 4.65. The van der Waals surface area contributed by atoms with E-state index in [0.29, 0.717) is 21.4 Å². The molecule has 0 bridgehead atoms. The number of nitrogens with zero attached hydrogens (tertiary/aromatic N) is 2. The average Bonchev–Trinajstić information content (AvgIpc) is 3.09. The van der Waals surface area contributed by atoms with Crippen molar-refractivity contribution in [2.45, 2.75) is 13.8 Å².